The summed E-state index contributed by atoms with van der Waals surface area (Å²) in [6.45, 7) is 1.82. The molecule has 0 saturated carbocycles. The van der Waals surface area contributed by atoms with Crippen molar-refractivity contribution in [3.05, 3.63) is 124 Å². The second-order valence-corrected chi connectivity index (χ2v) is 9.56. The summed E-state index contributed by atoms with van der Waals surface area (Å²) < 4.78 is 8.31. The summed E-state index contributed by atoms with van der Waals surface area (Å²) in [6.07, 6.45) is 4.93. The highest BCUT2D eigenvalue weighted by Crippen LogP contribution is 2.24. The Morgan fingerprint density at radius 3 is 2.67 bits per heavy atom. The molecule has 0 radical (unpaired) electrons. The number of rotatable bonds is 5. The fourth-order valence-electron chi connectivity index (χ4n) is 4.88. The summed E-state index contributed by atoms with van der Waals surface area (Å²) in [5, 5.41) is 7.10. The highest BCUT2D eigenvalue weighted by molar-refractivity contribution is 6.03. The summed E-state index contributed by atoms with van der Waals surface area (Å²) in [5.74, 6) is 6.50. The minimum Gasteiger partial charge on any atom is -0.481 e. The average Bonchev–Trinajstić information content (AvgIpc) is 3.36. The van der Waals surface area contributed by atoms with Gasteiger partial charge in [-0.25, -0.2) is 10.1 Å². The molecular weight excluding hydrogens is 530 g/mol. The van der Waals surface area contributed by atoms with Gasteiger partial charge in [-0.15, -0.1) is 4.52 Å². The number of carbonyl (C=O) groups is 1. The molecule has 1 unspecified atom stereocenters. The molecule has 1 atom stereocenters. The van der Waals surface area contributed by atoms with Gasteiger partial charge < -0.3 is 15.8 Å². The maximum Gasteiger partial charge on any atom is 0.362 e. The Morgan fingerprint density at radius 1 is 1.07 bits per heavy atom. The van der Waals surface area contributed by atoms with Crippen molar-refractivity contribution in [2.75, 3.05) is 12.8 Å². The number of pyridine rings is 2. The number of para-hydroxylation sites is 1. The Morgan fingerprint density at radius 2 is 1.90 bits per heavy atom. The molecule has 0 bridgehead atoms. The third kappa shape index (κ3) is 4.80. The lowest BCUT2D eigenvalue weighted by Crippen LogP contribution is -2.33. The molecule has 6 aromatic rings. The predicted octanol–water partition coefficient (Wildman–Crippen LogP) is 3.33. The van der Waals surface area contributed by atoms with Gasteiger partial charge in [0, 0.05) is 40.8 Å². The van der Waals surface area contributed by atoms with Crippen molar-refractivity contribution in [3.63, 3.8) is 0 Å². The SMILES string of the molecule is COc1ccc(C#Cc2cccc3cc(C(C)NC(=O)c4c(N)[nH][n+]5cccnc45)n(-c4ccccc4)c(=O)c23)cn1. The van der Waals surface area contributed by atoms with Crippen LogP contribution in [-0.2, 0) is 0 Å². The summed E-state index contributed by atoms with van der Waals surface area (Å²) >= 11 is 0. The number of hydrogen-bond donors (Lipinski definition) is 3. The summed E-state index contributed by atoms with van der Waals surface area (Å²) in [5.41, 5.74) is 9.02. The smallest absolute Gasteiger partial charge is 0.362 e. The lowest BCUT2D eigenvalue weighted by atomic mass is 10.0. The number of hydrogen-bond acceptors (Lipinski definition) is 6. The highest BCUT2D eigenvalue weighted by Gasteiger charge is 2.27. The van der Waals surface area contributed by atoms with Gasteiger partial charge in [0.05, 0.1) is 18.5 Å². The lowest BCUT2D eigenvalue weighted by Gasteiger charge is -2.21. The van der Waals surface area contributed by atoms with Crippen LogP contribution in [0, 0.1) is 11.8 Å². The summed E-state index contributed by atoms with van der Waals surface area (Å²) in [4.78, 5) is 36.2. The number of fused-ring (bicyclic) bond motifs is 2. The van der Waals surface area contributed by atoms with Crippen LogP contribution in [0.1, 0.15) is 40.1 Å². The maximum absolute atomic E-state index is 14.2. The normalized spacial score (nSPS) is 11.6. The molecule has 42 heavy (non-hydrogen) atoms. The number of nitrogens with zero attached hydrogens (tertiary/aromatic N) is 4. The van der Waals surface area contributed by atoms with E-state index < -0.39 is 11.9 Å². The number of nitrogens with two attached hydrogens (primary N) is 1. The third-order valence-electron chi connectivity index (χ3n) is 6.87. The number of benzene rings is 2. The minimum absolute atomic E-state index is 0.188. The van der Waals surface area contributed by atoms with E-state index in [-0.39, 0.29) is 16.9 Å². The Hall–Kier alpha value is -5.95. The van der Waals surface area contributed by atoms with Gasteiger partial charge in [0.1, 0.15) is 12.4 Å². The van der Waals surface area contributed by atoms with Crippen molar-refractivity contribution >= 4 is 28.1 Å². The Labute approximate surface area is 240 Å². The largest absolute Gasteiger partial charge is 0.481 e. The number of nitrogens with one attached hydrogen (secondary N) is 2. The molecule has 4 N–H and O–H groups in total. The van der Waals surface area contributed by atoms with Gasteiger partial charge in [-0.05, 0) is 47.6 Å². The number of amides is 1. The highest BCUT2D eigenvalue weighted by atomic mass is 16.5. The van der Waals surface area contributed by atoms with Crippen LogP contribution in [0.15, 0.2) is 96.2 Å². The molecule has 0 aliphatic carbocycles. The van der Waals surface area contributed by atoms with Gasteiger partial charge in [0.25, 0.3) is 11.5 Å². The molecule has 0 fully saturated rings. The van der Waals surface area contributed by atoms with E-state index in [9.17, 15) is 9.59 Å². The summed E-state index contributed by atoms with van der Waals surface area (Å²) in [7, 11) is 1.55. The van der Waals surface area contributed by atoms with Crippen LogP contribution in [0.25, 0.3) is 22.1 Å². The van der Waals surface area contributed by atoms with E-state index in [4.69, 9.17) is 10.5 Å². The van der Waals surface area contributed by atoms with E-state index in [0.29, 0.717) is 44.8 Å². The first-order valence-electron chi connectivity index (χ1n) is 13.2. The van der Waals surface area contributed by atoms with Crippen LogP contribution in [-0.4, -0.2) is 32.7 Å². The molecule has 0 aliphatic heterocycles. The van der Waals surface area contributed by atoms with Gasteiger partial charge in [0.2, 0.25) is 5.88 Å². The maximum atomic E-state index is 14.2. The van der Waals surface area contributed by atoms with Crippen LogP contribution >= 0.6 is 0 Å². The first-order chi connectivity index (χ1) is 20.4. The minimum atomic E-state index is -0.576. The zero-order valence-electron chi connectivity index (χ0n) is 22.8. The number of aromatic nitrogens is 5. The van der Waals surface area contributed by atoms with Crippen LogP contribution in [0.3, 0.4) is 0 Å². The number of aromatic amines is 1. The second kappa shape index (κ2) is 10.9. The van der Waals surface area contributed by atoms with E-state index in [2.05, 4.69) is 32.2 Å². The number of ether oxygens (including phenoxy) is 1. The molecule has 4 aromatic heterocycles. The van der Waals surface area contributed by atoms with Crippen LogP contribution < -0.4 is 25.9 Å². The average molecular weight is 557 g/mol. The molecule has 10 nitrogen and oxygen atoms in total. The zero-order valence-corrected chi connectivity index (χ0v) is 22.8. The molecule has 0 spiro atoms. The van der Waals surface area contributed by atoms with E-state index in [0.717, 1.165) is 0 Å². The van der Waals surface area contributed by atoms with Gasteiger partial charge in [0.15, 0.2) is 11.4 Å². The van der Waals surface area contributed by atoms with Crippen molar-refractivity contribution in [2.24, 2.45) is 0 Å². The monoisotopic (exact) mass is 556 g/mol. The molecule has 6 rings (SSSR count). The fourth-order valence-corrected chi connectivity index (χ4v) is 4.88. The Bertz CT molecular complexity index is 2070. The molecule has 1 amide bonds. The number of anilines is 1. The van der Waals surface area contributed by atoms with Gasteiger partial charge >= 0.3 is 5.65 Å². The number of H-pyrrole nitrogens is 1. The third-order valence-corrected chi connectivity index (χ3v) is 6.87. The molecular formula is C32H26N7O3+. The van der Waals surface area contributed by atoms with E-state index in [1.54, 1.807) is 46.9 Å². The van der Waals surface area contributed by atoms with Crippen molar-refractivity contribution in [3.8, 4) is 23.4 Å². The van der Waals surface area contributed by atoms with E-state index in [1.807, 2.05) is 67.6 Å². The first-order valence-corrected chi connectivity index (χ1v) is 13.2. The Kier molecular flexibility index (Phi) is 6.82. The van der Waals surface area contributed by atoms with Gasteiger partial charge in [-0.1, -0.05) is 42.2 Å². The molecule has 0 saturated heterocycles. The van der Waals surface area contributed by atoms with Crippen LogP contribution in [0.2, 0.25) is 0 Å². The molecule has 206 valence electrons. The number of nitrogen functional groups attached to an aromatic ring is 1. The van der Waals surface area contributed by atoms with Crippen LogP contribution in [0.5, 0.6) is 5.88 Å². The van der Waals surface area contributed by atoms with Gasteiger partial charge in [-0.2, -0.15) is 0 Å². The molecule has 2 aromatic carbocycles. The molecule has 0 aliphatic rings. The second-order valence-electron chi connectivity index (χ2n) is 9.56. The van der Waals surface area contributed by atoms with E-state index in [1.165, 1.54) is 0 Å². The fraction of sp³-hybridized carbons (Fsp3) is 0.0938. The molecule has 10 heteroatoms. The van der Waals surface area contributed by atoms with E-state index >= 15 is 0 Å². The topological polar surface area (TPSA) is 132 Å². The Balaban J connectivity index is 1.46. The first kappa shape index (κ1) is 26.3. The zero-order chi connectivity index (χ0) is 29.2. The predicted molar refractivity (Wildman–Crippen MR) is 158 cm³/mol. The van der Waals surface area contributed by atoms with Gasteiger partial charge in [-0.3, -0.25) is 14.2 Å². The van der Waals surface area contributed by atoms with Crippen molar-refractivity contribution < 1.29 is 14.0 Å². The van der Waals surface area contributed by atoms with Crippen molar-refractivity contribution in [1.82, 2.24) is 25.0 Å². The molecule has 4 heterocycles. The summed E-state index contributed by atoms with van der Waals surface area (Å²) in [6, 6.07) is 21.4. The quantitative estimate of drug-likeness (QED) is 0.221. The van der Waals surface area contributed by atoms with Crippen molar-refractivity contribution in [1.29, 1.82) is 0 Å². The lowest BCUT2D eigenvalue weighted by molar-refractivity contribution is -0.577. The van der Waals surface area contributed by atoms with Crippen molar-refractivity contribution in [2.45, 2.75) is 13.0 Å². The van der Waals surface area contributed by atoms with Crippen LogP contribution in [0.4, 0.5) is 5.82 Å². The number of methoxy groups -OCH3 is 1. The number of carbonyl (C=O) groups excluding carboxylic acids is 1. The standard InChI is InChI=1S/C32H25N7O3/c1-20(36-31(40)28-29(33)37-38-17-7-16-34-30(28)38)25-18-23-9-6-8-22(14-12-21-13-15-26(42-2)35-19-21)27(23)32(41)39(25)24-10-4-3-5-11-24/h3-11,13,15-20H,1-2H3,(H3,33,36,37,40)/p+1.